The van der Waals surface area contributed by atoms with Crippen molar-refractivity contribution in [3.63, 3.8) is 0 Å². The minimum Gasteiger partial charge on any atom is -0.481 e. The molecule has 0 aromatic heterocycles. The van der Waals surface area contributed by atoms with Crippen LogP contribution in [-0.4, -0.2) is 30.7 Å². The number of aliphatic hydroxyl groups excluding tert-OH is 1. The maximum Gasteiger partial charge on any atom is 0.303 e. The molecule has 0 bridgehead atoms. The molecule has 130 valence electrons. The van der Waals surface area contributed by atoms with E-state index in [-0.39, 0.29) is 14.5 Å². The third-order valence-corrected chi connectivity index (χ3v) is 3.73. The normalized spacial score (nSPS) is 12.3. The van der Waals surface area contributed by atoms with Gasteiger partial charge in [-0.2, -0.15) is 0 Å². The van der Waals surface area contributed by atoms with Gasteiger partial charge in [0.2, 0.25) is 0 Å². The quantitative estimate of drug-likeness (QED) is 0.274. The van der Waals surface area contributed by atoms with E-state index in [4.69, 9.17) is 5.11 Å². The average molecular weight is 312 g/mol. The number of aliphatic carboxylic acids is 1. The summed E-state index contributed by atoms with van der Waals surface area (Å²) in [6.07, 6.45) is 17.4. The summed E-state index contributed by atoms with van der Waals surface area (Å²) in [6, 6.07) is 0. The monoisotopic (exact) mass is 312 g/mol. The Morgan fingerprint density at radius 3 is 2.27 bits per heavy atom. The summed E-state index contributed by atoms with van der Waals surface area (Å²) < 4.78 is 0. The zero-order chi connectivity index (χ0) is 15.8. The average Bonchev–Trinajstić information content (AvgIpc) is 2.45. The summed E-state index contributed by atoms with van der Waals surface area (Å²) in [6.45, 7) is 2.20. The molecular weight excluding hydrogens is 275 g/mol. The van der Waals surface area contributed by atoms with Gasteiger partial charge in [-0.3, -0.25) is 4.79 Å². The van der Waals surface area contributed by atoms with E-state index >= 15 is 0 Å². The van der Waals surface area contributed by atoms with Crippen LogP contribution < -0.4 is 0 Å². The van der Waals surface area contributed by atoms with Crippen LogP contribution in [0.5, 0.6) is 0 Å². The molecule has 0 aliphatic carbocycles. The summed E-state index contributed by atoms with van der Waals surface area (Å²) in [5.41, 5.74) is 0. The van der Waals surface area contributed by atoms with Gasteiger partial charge in [0, 0.05) is 6.42 Å². The number of allylic oxidation sites excluding steroid dienone is 1. The molecule has 0 aromatic carbocycles. The van der Waals surface area contributed by atoms with Crippen LogP contribution >= 0.6 is 0 Å². The van der Waals surface area contributed by atoms with Crippen molar-refractivity contribution in [2.45, 2.75) is 96.5 Å². The van der Waals surface area contributed by atoms with Crippen LogP contribution in [0.25, 0.3) is 0 Å². The molecule has 0 fully saturated rings. The van der Waals surface area contributed by atoms with Crippen LogP contribution in [0.4, 0.5) is 0 Å². The van der Waals surface area contributed by atoms with E-state index < -0.39 is 5.97 Å². The SMILES string of the molecule is B.CCCCCCC(O)C/C=C\CCCCCCCC(=O)O. The minimum absolute atomic E-state index is 0. The smallest absolute Gasteiger partial charge is 0.303 e. The highest BCUT2D eigenvalue weighted by Gasteiger charge is 2.00. The van der Waals surface area contributed by atoms with Crippen LogP contribution in [0, 0.1) is 0 Å². The molecule has 0 aliphatic rings. The number of carboxylic acids is 1. The number of unbranched alkanes of at least 4 members (excludes halogenated alkanes) is 8. The molecule has 1 atom stereocenters. The van der Waals surface area contributed by atoms with Crippen LogP contribution in [-0.2, 0) is 4.79 Å². The number of carbonyl (C=O) groups is 1. The van der Waals surface area contributed by atoms with Crippen molar-refractivity contribution < 1.29 is 15.0 Å². The van der Waals surface area contributed by atoms with Gasteiger partial charge < -0.3 is 10.2 Å². The predicted octanol–water partition coefficient (Wildman–Crippen LogP) is 3.90. The molecule has 4 heteroatoms. The van der Waals surface area contributed by atoms with E-state index in [0.717, 1.165) is 51.4 Å². The van der Waals surface area contributed by atoms with E-state index in [0.29, 0.717) is 6.42 Å². The minimum atomic E-state index is -0.689. The van der Waals surface area contributed by atoms with Gasteiger partial charge in [0.05, 0.1) is 14.5 Å². The summed E-state index contributed by atoms with van der Waals surface area (Å²) in [5, 5.41) is 18.3. The van der Waals surface area contributed by atoms with E-state index in [1.54, 1.807) is 0 Å². The Bertz CT molecular complexity index is 267. The highest BCUT2D eigenvalue weighted by Crippen LogP contribution is 2.10. The van der Waals surface area contributed by atoms with Crippen molar-refractivity contribution in [3.05, 3.63) is 12.2 Å². The van der Waals surface area contributed by atoms with Crippen molar-refractivity contribution in [3.8, 4) is 0 Å². The summed E-state index contributed by atoms with van der Waals surface area (Å²) in [7, 11) is 0. The van der Waals surface area contributed by atoms with Gasteiger partial charge in [-0.05, 0) is 32.1 Å². The molecule has 0 radical (unpaired) electrons. The highest BCUT2D eigenvalue weighted by atomic mass is 16.4. The van der Waals surface area contributed by atoms with Crippen LogP contribution in [0.2, 0.25) is 0 Å². The summed E-state index contributed by atoms with van der Waals surface area (Å²) in [5.74, 6) is -0.689. The lowest BCUT2D eigenvalue weighted by Gasteiger charge is -2.07. The van der Waals surface area contributed by atoms with Crippen LogP contribution in [0.3, 0.4) is 0 Å². The lowest BCUT2D eigenvalue weighted by molar-refractivity contribution is -0.137. The van der Waals surface area contributed by atoms with E-state index in [1.165, 1.54) is 25.7 Å². The molecule has 0 heterocycles. The fourth-order valence-corrected chi connectivity index (χ4v) is 2.36. The predicted molar refractivity (Wildman–Crippen MR) is 98.4 cm³/mol. The third kappa shape index (κ3) is 19.2. The van der Waals surface area contributed by atoms with E-state index in [2.05, 4.69) is 19.1 Å². The first-order valence-electron chi connectivity index (χ1n) is 8.71. The van der Waals surface area contributed by atoms with Crippen molar-refractivity contribution in [1.82, 2.24) is 0 Å². The Kier molecular flexibility index (Phi) is 19.5. The second kappa shape index (κ2) is 18.3. The van der Waals surface area contributed by atoms with Crippen molar-refractivity contribution >= 4 is 14.4 Å². The van der Waals surface area contributed by atoms with Crippen LogP contribution in [0.15, 0.2) is 12.2 Å². The molecule has 0 rings (SSSR count). The lowest BCUT2D eigenvalue weighted by atomic mass is 10.1. The number of hydrogen-bond acceptors (Lipinski definition) is 2. The Balaban J connectivity index is 0. The Hall–Kier alpha value is -0.765. The van der Waals surface area contributed by atoms with Gasteiger partial charge in [-0.15, -0.1) is 0 Å². The first-order valence-corrected chi connectivity index (χ1v) is 8.71. The standard InChI is InChI=1S/C18H34O3.BH3/c1-2-3-4-11-14-17(19)15-12-9-7-5-6-8-10-13-16-18(20)21;/h9,12,17,19H,2-8,10-11,13-16H2,1H3,(H,20,21);1H3/b12-9-;. The first-order chi connectivity index (χ1) is 10.2. The number of aliphatic hydroxyl groups is 1. The molecule has 0 aliphatic heterocycles. The molecule has 0 amide bonds. The van der Waals surface area contributed by atoms with E-state index in [9.17, 15) is 9.90 Å². The van der Waals surface area contributed by atoms with Gasteiger partial charge in [0.25, 0.3) is 0 Å². The summed E-state index contributed by atoms with van der Waals surface area (Å²) in [4.78, 5) is 10.3. The molecule has 0 aromatic rings. The van der Waals surface area contributed by atoms with Crippen molar-refractivity contribution in [2.24, 2.45) is 0 Å². The fourth-order valence-electron chi connectivity index (χ4n) is 2.36. The van der Waals surface area contributed by atoms with E-state index in [1.807, 2.05) is 0 Å². The molecule has 3 nitrogen and oxygen atoms in total. The fraction of sp³-hybridized carbons (Fsp3) is 0.833. The maximum atomic E-state index is 10.3. The van der Waals surface area contributed by atoms with Crippen LogP contribution in [0.1, 0.15) is 90.4 Å². The zero-order valence-electron chi connectivity index (χ0n) is 13.7. The second-order valence-electron chi connectivity index (χ2n) is 5.91. The molecule has 22 heavy (non-hydrogen) atoms. The lowest BCUT2D eigenvalue weighted by Crippen LogP contribution is -2.04. The topological polar surface area (TPSA) is 57.5 Å². The molecule has 0 saturated heterocycles. The third-order valence-electron chi connectivity index (χ3n) is 3.73. The highest BCUT2D eigenvalue weighted by molar-refractivity contribution is 5.75. The molecule has 0 saturated carbocycles. The van der Waals surface area contributed by atoms with Gasteiger partial charge in [0.1, 0.15) is 0 Å². The van der Waals surface area contributed by atoms with Gasteiger partial charge in [-0.1, -0.05) is 64.0 Å². The molecule has 1 unspecified atom stereocenters. The largest absolute Gasteiger partial charge is 0.481 e. The van der Waals surface area contributed by atoms with Crippen molar-refractivity contribution in [1.29, 1.82) is 0 Å². The molecule has 2 N–H and O–H groups in total. The zero-order valence-corrected chi connectivity index (χ0v) is 13.7. The molecule has 0 spiro atoms. The van der Waals surface area contributed by atoms with Gasteiger partial charge in [0.15, 0.2) is 0 Å². The Morgan fingerprint density at radius 1 is 0.955 bits per heavy atom. The molecular formula is C18H37BO3. The second-order valence-corrected chi connectivity index (χ2v) is 5.91. The maximum absolute atomic E-state index is 10.3. The summed E-state index contributed by atoms with van der Waals surface area (Å²) >= 11 is 0. The van der Waals surface area contributed by atoms with Crippen molar-refractivity contribution in [2.75, 3.05) is 0 Å². The Labute approximate surface area is 138 Å². The first kappa shape index (κ1) is 23.5. The number of rotatable bonds is 15. The van der Waals surface area contributed by atoms with Gasteiger partial charge >= 0.3 is 5.97 Å². The number of hydrogen-bond donors (Lipinski definition) is 2. The number of carboxylic acid groups (broad SMARTS) is 1. The Morgan fingerprint density at radius 2 is 1.59 bits per heavy atom. The van der Waals surface area contributed by atoms with Gasteiger partial charge in [-0.25, -0.2) is 0 Å².